The summed E-state index contributed by atoms with van der Waals surface area (Å²) in [5.74, 6) is -2.44. The van der Waals surface area contributed by atoms with Gasteiger partial charge >= 0.3 is 0 Å². The van der Waals surface area contributed by atoms with E-state index < -0.39 is 17.9 Å². The van der Waals surface area contributed by atoms with Gasteiger partial charge in [-0.2, -0.15) is 0 Å². The molecule has 1 aliphatic carbocycles. The van der Waals surface area contributed by atoms with Crippen LogP contribution >= 0.6 is 11.6 Å². The van der Waals surface area contributed by atoms with Crippen LogP contribution in [0.5, 0.6) is 11.5 Å². The number of alkyl halides is 2. The maximum absolute atomic E-state index is 13.3. The van der Waals surface area contributed by atoms with Crippen molar-refractivity contribution in [2.24, 2.45) is 5.73 Å². The zero-order valence-corrected chi connectivity index (χ0v) is 10.1. The second-order valence-corrected chi connectivity index (χ2v) is 4.48. The number of hydrogen-bond acceptors (Lipinski definition) is 3. The first-order chi connectivity index (χ1) is 7.85. The smallest absolute Gasteiger partial charge is 0.272 e. The third-order valence-corrected chi connectivity index (χ3v) is 3.17. The topological polar surface area (TPSA) is 44.5 Å². The van der Waals surface area contributed by atoms with Gasteiger partial charge in [-0.3, -0.25) is 0 Å². The van der Waals surface area contributed by atoms with Crippen molar-refractivity contribution in [3.8, 4) is 11.5 Å². The molecule has 1 saturated carbocycles. The molecule has 0 aromatic heterocycles. The molecule has 1 aromatic rings. The Kier molecular flexibility index (Phi) is 2.71. The fourth-order valence-corrected chi connectivity index (χ4v) is 2.07. The lowest BCUT2D eigenvalue weighted by Gasteiger charge is -2.18. The highest BCUT2D eigenvalue weighted by molar-refractivity contribution is 6.30. The average Bonchev–Trinajstić information content (AvgIpc) is 2.78. The Balaban J connectivity index is 2.58. The number of nitrogens with two attached hydrogens (primary N) is 1. The van der Waals surface area contributed by atoms with Crippen molar-refractivity contribution in [1.82, 2.24) is 0 Å². The second kappa shape index (κ2) is 3.71. The predicted molar refractivity (Wildman–Crippen MR) is 60.0 cm³/mol. The van der Waals surface area contributed by atoms with E-state index in [1.807, 2.05) is 0 Å². The Morgan fingerprint density at radius 3 is 2.29 bits per heavy atom. The van der Waals surface area contributed by atoms with Gasteiger partial charge in [0, 0.05) is 23.1 Å². The lowest BCUT2D eigenvalue weighted by Crippen LogP contribution is -2.27. The molecule has 0 aliphatic heterocycles. The quantitative estimate of drug-likeness (QED) is 0.911. The van der Waals surface area contributed by atoms with Gasteiger partial charge in [0.2, 0.25) is 0 Å². The van der Waals surface area contributed by atoms with Gasteiger partial charge in [0.25, 0.3) is 5.92 Å². The van der Waals surface area contributed by atoms with Crippen LogP contribution in [0.4, 0.5) is 8.78 Å². The molecule has 1 atom stereocenters. The molecular formula is C11H12ClF2NO2. The number of ether oxygens (including phenoxy) is 2. The maximum Gasteiger partial charge on any atom is 0.272 e. The van der Waals surface area contributed by atoms with E-state index >= 15 is 0 Å². The molecule has 0 spiro atoms. The molecule has 0 heterocycles. The van der Waals surface area contributed by atoms with Crippen molar-refractivity contribution >= 4 is 11.6 Å². The lowest BCUT2D eigenvalue weighted by molar-refractivity contribution is 0.0883. The third kappa shape index (κ3) is 1.73. The van der Waals surface area contributed by atoms with Crippen LogP contribution in [0.25, 0.3) is 0 Å². The highest BCUT2D eigenvalue weighted by Gasteiger charge is 2.71. The molecule has 0 radical (unpaired) electrons. The highest BCUT2D eigenvalue weighted by Crippen LogP contribution is 2.60. The summed E-state index contributed by atoms with van der Waals surface area (Å²) in [6.07, 6.45) is -0.417. The Labute approximate surface area is 102 Å². The number of halogens is 3. The molecule has 0 amide bonds. The average molecular weight is 264 g/mol. The molecule has 94 valence electrons. The van der Waals surface area contributed by atoms with Crippen molar-refractivity contribution < 1.29 is 18.3 Å². The Bertz CT molecular complexity index is 467. The van der Waals surface area contributed by atoms with E-state index in [0.717, 1.165) is 0 Å². The minimum absolute atomic E-state index is 0.175. The molecule has 6 heteroatoms. The first-order valence-corrected chi connectivity index (χ1v) is 5.32. The molecule has 1 aromatic carbocycles. The monoisotopic (exact) mass is 263 g/mol. The molecule has 1 aliphatic rings. The second-order valence-electron chi connectivity index (χ2n) is 4.04. The summed E-state index contributed by atoms with van der Waals surface area (Å²) in [5.41, 5.74) is 4.13. The zero-order valence-electron chi connectivity index (χ0n) is 9.39. The largest absolute Gasteiger partial charge is 0.493 e. The SMILES string of the molecule is COc1cc(Cl)cc(C2(N)CC2(F)F)c1OC. The van der Waals surface area contributed by atoms with Gasteiger partial charge in [-0.05, 0) is 6.07 Å². The van der Waals surface area contributed by atoms with Crippen LogP contribution in [0.2, 0.25) is 5.02 Å². The molecule has 3 nitrogen and oxygen atoms in total. The molecule has 1 unspecified atom stereocenters. The Morgan fingerprint density at radius 1 is 1.29 bits per heavy atom. The summed E-state index contributed by atoms with van der Waals surface area (Å²) in [7, 11) is 2.78. The fourth-order valence-electron chi connectivity index (χ4n) is 1.86. The summed E-state index contributed by atoms with van der Waals surface area (Å²) in [5, 5.41) is 0.283. The first kappa shape index (κ1) is 12.4. The zero-order chi connectivity index (χ0) is 12.8. The van der Waals surface area contributed by atoms with Crippen LogP contribution in [0.3, 0.4) is 0 Å². The van der Waals surface area contributed by atoms with Crippen LogP contribution < -0.4 is 15.2 Å². The first-order valence-electron chi connectivity index (χ1n) is 4.94. The molecule has 1 fully saturated rings. The van der Waals surface area contributed by atoms with Gasteiger partial charge < -0.3 is 15.2 Å². The van der Waals surface area contributed by atoms with E-state index in [1.54, 1.807) is 0 Å². The van der Waals surface area contributed by atoms with Gasteiger partial charge in [-0.1, -0.05) is 11.6 Å². The predicted octanol–water partition coefficient (Wildman–Crippen LogP) is 2.55. The highest BCUT2D eigenvalue weighted by atomic mass is 35.5. The molecule has 2 N–H and O–H groups in total. The van der Waals surface area contributed by atoms with E-state index in [1.165, 1.54) is 26.4 Å². The van der Waals surface area contributed by atoms with Crippen molar-refractivity contribution in [2.45, 2.75) is 17.9 Å². The maximum atomic E-state index is 13.3. The van der Waals surface area contributed by atoms with E-state index in [2.05, 4.69) is 0 Å². The van der Waals surface area contributed by atoms with E-state index in [-0.39, 0.29) is 16.3 Å². The summed E-state index contributed by atoms with van der Waals surface area (Å²) < 4.78 is 36.7. The summed E-state index contributed by atoms with van der Waals surface area (Å²) >= 11 is 5.85. The van der Waals surface area contributed by atoms with E-state index in [9.17, 15) is 8.78 Å². The van der Waals surface area contributed by atoms with Gasteiger partial charge in [-0.25, -0.2) is 8.78 Å². The van der Waals surface area contributed by atoms with Gasteiger partial charge in [0.15, 0.2) is 11.5 Å². The van der Waals surface area contributed by atoms with Crippen molar-refractivity contribution in [2.75, 3.05) is 14.2 Å². The summed E-state index contributed by atoms with van der Waals surface area (Å²) in [4.78, 5) is 0. The van der Waals surface area contributed by atoms with Crippen LogP contribution in [-0.2, 0) is 5.54 Å². The van der Waals surface area contributed by atoms with Crippen molar-refractivity contribution in [1.29, 1.82) is 0 Å². The van der Waals surface area contributed by atoms with Crippen LogP contribution in [0, 0.1) is 0 Å². The third-order valence-electron chi connectivity index (χ3n) is 2.95. The number of benzene rings is 1. The van der Waals surface area contributed by atoms with E-state index in [0.29, 0.717) is 5.75 Å². The molecule has 0 bridgehead atoms. The van der Waals surface area contributed by atoms with Gasteiger partial charge in [-0.15, -0.1) is 0 Å². The normalized spacial score (nSPS) is 25.5. The van der Waals surface area contributed by atoms with Crippen molar-refractivity contribution in [3.63, 3.8) is 0 Å². The van der Waals surface area contributed by atoms with Crippen molar-refractivity contribution in [3.05, 3.63) is 22.7 Å². The van der Waals surface area contributed by atoms with Crippen LogP contribution in [-0.4, -0.2) is 20.1 Å². The standard InChI is InChI=1S/C11H12ClF2NO2/c1-16-8-4-6(12)3-7(9(8)17-2)10(15)5-11(10,13)14/h3-4H,5,15H2,1-2H3. The number of rotatable bonds is 3. The fraction of sp³-hybridized carbons (Fsp3) is 0.455. The summed E-state index contributed by atoms with van der Waals surface area (Å²) in [6.45, 7) is 0. The van der Waals surface area contributed by atoms with Gasteiger partial charge in [0.1, 0.15) is 5.54 Å². The minimum atomic E-state index is -2.93. The lowest BCUT2D eigenvalue weighted by atomic mass is 10.0. The molecule has 2 rings (SSSR count). The van der Waals surface area contributed by atoms with E-state index in [4.69, 9.17) is 26.8 Å². The summed E-state index contributed by atoms with van der Waals surface area (Å²) in [6, 6.07) is 2.89. The van der Waals surface area contributed by atoms with Gasteiger partial charge in [0.05, 0.1) is 14.2 Å². The molecule has 17 heavy (non-hydrogen) atoms. The number of methoxy groups -OCH3 is 2. The minimum Gasteiger partial charge on any atom is -0.493 e. The Morgan fingerprint density at radius 2 is 1.88 bits per heavy atom. The molecular weight excluding hydrogens is 252 g/mol. The van der Waals surface area contributed by atoms with Crippen LogP contribution in [0.1, 0.15) is 12.0 Å². The molecule has 0 saturated heterocycles. The number of hydrogen-bond donors (Lipinski definition) is 1. The Hall–Kier alpha value is -1.07. The van der Waals surface area contributed by atoms with Crippen LogP contribution in [0.15, 0.2) is 12.1 Å².